The van der Waals surface area contributed by atoms with Crippen LogP contribution in [0.4, 0.5) is 24.5 Å². The lowest BCUT2D eigenvalue weighted by molar-refractivity contribution is -0.137. The average molecular weight is 381 g/mol. The molecule has 3 aromatic carbocycles. The van der Waals surface area contributed by atoms with E-state index in [0.29, 0.717) is 0 Å². The number of halogens is 3. The predicted molar refractivity (Wildman–Crippen MR) is 108 cm³/mol. The Morgan fingerprint density at radius 1 is 0.750 bits per heavy atom. The van der Waals surface area contributed by atoms with Gasteiger partial charge in [0.15, 0.2) is 0 Å². The molecular weight excluding hydrogens is 359 g/mol. The van der Waals surface area contributed by atoms with Crippen molar-refractivity contribution in [2.24, 2.45) is 0 Å². The topological polar surface area (TPSA) is 3.24 Å². The summed E-state index contributed by atoms with van der Waals surface area (Å²) in [5.41, 5.74) is 7.19. The van der Waals surface area contributed by atoms with Crippen molar-refractivity contribution in [1.82, 2.24) is 0 Å². The third kappa shape index (κ3) is 2.88. The molecule has 0 spiro atoms. The summed E-state index contributed by atoms with van der Waals surface area (Å²) in [7, 11) is 1.88. The number of rotatable bonds is 2. The molecule has 4 heteroatoms. The standard InChI is InChI=1S/C24H22F3N/c1-15-5-11-21-19(13-15)20-14-18(10-12-22(20)23(21,2)3)28(4)17-8-6-16(7-9-17)24(25,26)27/h5-14H,1-4H3. The van der Waals surface area contributed by atoms with Crippen LogP contribution in [0.2, 0.25) is 0 Å². The number of anilines is 2. The fourth-order valence-corrected chi connectivity index (χ4v) is 4.10. The maximum Gasteiger partial charge on any atom is 0.416 e. The van der Waals surface area contributed by atoms with Crippen LogP contribution in [0.25, 0.3) is 11.1 Å². The SMILES string of the molecule is Cc1ccc2c(c1)-c1cc(N(C)c3ccc(C(F)(F)F)cc3)ccc1C2(C)C. The minimum absolute atomic E-state index is 0.0656. The van der Waals surface area contributed by atoms with E-state index in [4.69, 9.17) is 0 Å². The van der Waals surface area contributed by atoms with Crippen molar-refractivity contribution in [2.45, 2.75) is 32.4 Å². The van der Waals surface area contributed by atoms with E-state index < -0.39 is 11.7 Å². The molecule has 4 rings (SSSR count). The van der Waals surface area contributed by atoms with Crippen LogP contribution in [0.5, 0.6) is 0 Å². The molecule has 0 aromatic heterocycles. The van der Waals surface area contributed by atoms with Crippen LogP contribution in [0.1, 0.15) is 36.1 Å². The van der Waals surface area contributed by atoms with Crippen LogP contribution < -0.4 is 4.90 Å². The van der Waals surface area contributed by atoms with E-state index in [9.17, 15) is 13.2 Å². The molecule has 1 aliphatic carbocycles. The molecule has 0 atom stereocenters. The first kappa shape index (κ1) is 18.6. The van der Waals surface area contributed by atoms with E-state index >= 15 is 0 Å². The van der Waals surface area contributed by atoms with Crippen molar-refractivity contribution in [3.63, 3.8) is 0 Å². The normalized spacial score (nSPS) is 14.5. The van der Waals surface area contributed by atoms with Crippen molar-refractivity contribution in [3.05, 3.63) is 82.9 Å². The maximum absolute atomic E-state index is 12.8. The van der Waals surface area contributed by atoms with Gasteiger partial charge in [-0.15, -0.1) is 0 Å². The molecule has 1 aliphatic rings. The van der Waals surface area contributed by atoms with E-state index in [1.54, 1.807) is 0 Å². The number of hydrogen-bond donors (Lipinski definition) is 0. The molecule has 0 N–H and O–H groups in total. The second-order valence-corrected chi connectivity index (χ2v) is 8.01. The molecule has 0 amide bonds. The van der Waals surface area contributed by atoms with Crippen LogP contribution in [-0.2, 0) is 11.6 Å². The number of nitrogens with zero attached hydrogens (tertiary/aromatic N) is 1. The van der Waals surface area contributed by atoms with E-state index in [2.05, 4.69) is 51.1 Å². The van der Waals surface area contributed by atoms with Crippen molar-refractivity contribution >= 4 is 11.4 Å². The van der Waals surface area contributed by atoms with Gasteiger partial charge in [-0.3, -0.25) is 0 Å². The highest BCUT2D eigenvalue weighted by atomic mass is 19.4. The molecule has 0 bridgehead atoms. The van der Waals surface area contributed by atoms with Gasteiger partial charge in [0, 0.05) is 23.8 Å². The Labute approximate surface area is 163 Å². The lowest BCUT2D eigenvalue weighted by atomic mass is 9.82. The first-order chi connectivity index (χ1) is 13.1. The minimum atomic E-state index is -4.32. The van der Waals surface area contributed by atoms with Crippen LogP contribution in [-0.4, -0.2) is 7.05 Å². The van der Waals surface area contributed by atoms with Crippen LogP contribution in [0.15, 0.2) is 60.7 Å². The predicted octanol–water partition coefficient (Wildman–Crippen LogP) is 7.09. The fourth-order valence-electron chi connectivity index (χ4n) is 4.10. The summed E-state index contributed by atoms with van der Waals surface area (Å²) in [6.07, 6.45) is -4.32. The number of fused-ring (bicyclic) bond motifs is 3. The van der Waals surface area contributed by atoms with Crippen molar-refractivity contribution in [2.75, 3.05) is 11.9 Å². The molecule has 0 heterocycles. The molecule has 0 unspecified atom stereocenters. The Bertz CT molecular complexity index is 1050. The summed E-state index contributed by atoms with van der Waals surface area (Å²) in [6.45, 7) is 6.54. The first-order valence-electron chi connectivity index (χ1n) is 9.26. The van der Waals surface area contributed by atoms with Gasteiger partial charge in [0.2, 0.25) is 0 Å². The molecule has 0 radical (unpaired) electrons. The summed E-state index contributed by atoms with van der Waals surface area (Å²) < 4.78 is 38.5. The Morgan fingerprint density at radius 3 is 1.89 bits per heavy atom. The van der Waals surface area contributed by atoms with E-state index in [1.807, 2.05) is 18.0 Å². The molecule has 0 saturated carbocycles. The summed E-state index contributed by atoms with van der Waals surface area (Å²) >= 11 is 0. The van der Waals surface area contributed by atoms with Gasteiger partial charge in [0.1, 0.15) is 0 Å². The molecule has 0 aliphatic heterocycles. The Kier molecular flexibility index (Phi) is 4.07. The van der Waals surface area contributed by atoms with Gasteiger partial charge >= 0.3 is 6.18 Å². The lowest BCUT2D eigenvalue weighted by Crippen LogP contribution is -2.15. The molecule has 28 heavy (non-hydrogen) atoms. The summed E-state index contributed by atoms with van der Waals surface area (Å²) in [6, 6.07) is 18.1. The quantitative estimate of drug-likeness (QED) is 0.458. The Hall–Kier alpha value is -2.75. The maximum atomic E-state index is 12.8. The molecule has 0 fully saturated rings. The van der Waals surface area contributed by atoms with Gasteiger partial charge in [-0.1, -0.05) is 43.7 Å². The summed E-state index contributed by atoms with van der Waals surface area (Å²) in [4.78, 5) is 1.92. The molecule has 144 valence electrons. The van der Waals surface area contributed by atoms with Crippen LogP contribution in [0, 0.1) is 6.92 Å². The highest BCUT2D eigenvalue weighted by Gasteiger charge is 2.35. The van der Waals surface area contributed by atoms with Crippen molar-refractivity contribution in [1.29, 1.82) is 0 Å². The van der Waals surface area contributed by atoms with Gasteiger partial charge < -0.3 is 4.90 Å². The van der Waals surface area contributed by atoms with E-state index in [0.717, 1.165) is 23.5 Å². The third-order valence-electron chi connectivity index (χ3n) is 5.78. The van der Waals surface area contributed by atoms with Crippen LogP contribution in [0.3, 0.4) is 0 Å². The third-order valence-corrected chi connectivity index (χ3v) is 5.78. The first-order valence-corrected chi connectivity index (χ1v) is 9.26. The van der Waals surface area contributed by atoms with Crippen LogP contribution >= 0.6 is 0 Å². The molecule has 0 saturated heterocycles. The number of hydrogen-bond acceptors (Lipinski definition) is 1. The Morgan fingerprint density at radius 2 is 1.29 bits per heavy atom. The molecule has 1 nitrogen and oxygen atoms in total. The highest BCUT2D eigenvalue weighted by Crippen LogP contribution is 2.50. The fraction of sp³-hybridized carbons (Fsp3) is 0.250. The van der Waals surface area contributed by atoms with Crippen molar-refractivity contribution < 1.29 is 13.2 Å². The monoisotopic (exact) mass is 381 g/mol. The van der Waals surface area contributed by atoms with Gasteiger partial charge in [0.25, 0.3) is 0 Å². The minimum Gasteiger partial charge on any atom is -0.345 e. The average Bonchev–Trinajstić information content (AvgIpc) is 2.87. The second-order valence-electron chi connectivity index (χ2n) is 8.01. The Balaban J connectivity index is 1.75. The van der Waals surface area contributed by atoms with Gasteiger partial charge in [-0.05, 0) is 65.6 Å². The molecule has 3 aromatic rings. The summed E-state index contributed by atoms with van der Waals surface area (Å²) in [5.74, 6) is 0. The van der Waals surface area contributed by atoms with E-state index in [-0.39, 0.29) is 5.41 Å². The summed E-state index contributed by atoms with van der Waals surface area (Å²) in [5, 5.41) is 0. The van der Waals surface area contributed by atoms with Gasteiger partial charge in [0.05, 0.1) is 5.56 Å². The second kappa shape index (κ2) is 6.13. The van der Waals surface area contributed by atoms with Gasteiger partial charge in [-0.25, -0.2) is 0 Å². The smallest absolute Gasteiger partial charge is 0.345 e. The van der Waals surface area contributed by atoms with Crippen molar-refractivity contribution in [3.8, 4) is 11.1 Å². The highest BCUT2D eigenvalue weighted by molar-refractivity contribution is 5.84. The zero-order valence-corrected chi connectivity index (χ0v) is 16.4. The zero-order valence-electron chi connectivity index (χ0n) is 16.4. The number of alkyl halides is 3. The number of aryl methyl sites for hydroxylation is 1. The largest absolute Gasteiger partial charge is 0.416 e. The van der Waals surface area contributed by atoms with Gasteiger partial charge in [-0.2, -0.15) is 13.2 Å². The van der Waals surface area contributed by atoms with E-state index in [1.165, 1.54) is 39.9 Å². The number of benzene rings is 3. The zero-order chi connectivity index (χ0) is 20.3. The molecular formula is C24H22F3N. The lowest BCUT2D eigenvalue weighted by Gasteiger charge is -2.24.